The largest absolute Gasteiger partial charge is 0.467 e. The fourth-order valence-electron chi connectivity index (χ4n) is 2.20. The number of rotatable bonds is 9. The van der Waals surface area contributed by atoms with Gasteiger partial charge in [-0.3, -0.25) is 9.59 Å². The van der Waals surface area contributed by atoms with Gasteiger partial charge in [0.2, 0.25) is 5.91 Å². The van der Waals surface area contributed by atoms with Crippen LogP contribution in [0.1, 0.15) is 28.1 Å². The smallest absolute Gasteiger partial charge is 0.251 e. The third-order valence-electron chi connectivity index (χ3n) is 3.63. The summed E-state index contributed by atoms with van der Waals surface area (Å²) in [6.07, 6.45) is 4.18. The summed E-state index contributed by atoms with van der Waals surface area (Å²) in [4.78, 5) is 24.1. The van der Waals surface area contributed by atoms with Crippen molar-refractivity contribution in [1.29, 1.82) is 0 Å². The minimum absolute atomic E-state index is 0.179. The lowest BCUT2D eigenvalue weighted by Gasteiger charge is -2.12. The van der Waals surface area contributed by atoms with Crippen LogP contribution in [-0.4, -0.2) is 29.9 Å². The van der Waals surface area contributed by atoms with E-state index in [1.54, 1.807) is 48.4 Å². The van der Waals surface area contributed by atoms with E-state index in [1.807, 2.05) is 12.3 Å². The highest BCUT2D eigenvalue weighted by molar-refractivity contribution is 7.98. The molecule has 0 saturated heterocycles. The second-order valence-corrected chi connectivity index (χ2v) is 6.55. The lowest BCUT2D eigenvalue weighted by atomic mass is 10.1. The molecule has 7 heteroatoms. The van der Waals surface area contributed by atoms with Gasteiger partial charge in [-0.2, -0.15) is 11.8 Å². The maximum atomic E-state index is 12.2. The van der Waals surface area contributed by atoms with Crippen molar-refractivity contribution in [2.45, 2.75) is 25.6 Å². The molecule has 0 fully saturated rings. The van der Waals surface area contributed by atoms with Crippen LogP contribution in [0.2, 0.25) is 0 Å². The molecule has 1 unspecified atom stereocenters. The van der Waals surface area contributed by atoms with Crippen LogP contribution in [0.4, 0.5) is 0 Å². The van der Waals surface area contributed by atoms with Gasteiger partial charge in [0.15, 0.2) is 0 Å². The molecule has 0 radical (unpaired) electrons. The molecule has 6 nitrogen and oxygen atoms in total. The number of furan rings is 1. The Balaban J connectivity index is 1.85. The predicted molar refractivity (Wildman–Crippen MR) is 99.1 cm³/mol. The van der Waals surface area contributed by atoms with Crippen molar-refractivity contribution in [2.75, 3.05) is 12.0 Å². The number of amides is 2. The van der Waals surface area contributed by atoms with Crippen LogP contribution < -0.4 is 16.4 Å². The van der Waals surface area contributed by atoms with Crippen molar-refractivity contribution in [3.63, 3.8) is 0 Å². The predicted octanol–water partition coefficient (Wildman–Crippen LogP) is 1.91. The molecule has 1 atom stereocenters. The van der Waals surface area contributed by atoms with E-state index in [-0.39, 0.29) is 11.8 Å². The van der Waals surface area contributed by atoms with Crippen LogP contribution in [0.3, 0.4) is 0 Å². The zero-order valence-electron chi connectivity index (χ0n) is 14.2. The third-order valence-corrected chi connectivity index (χ3v) is 4.27. The Labute approximate surface area is 151 Å². The third kappa shape index (κ3) is 6.28. The zero-order chi connectivity index (χ0) is 18.1. The van der Waals surface area contributed by atoms with E-state index in [0.29, 0.717) is 30.8 Å². The van der Waals surface area contributed by atoms with Crippen LogP contribution in [-0.2, 0) is 17.9 Å². The van der Waals surface area contributed by atoms with Crippen molar-refractivity contribution >= 4 is 23.6 Å². The Morgan fingerprint density at radius 3 is 2.76 bits per heavy atom. The summed E-state index contributed by atoms with van der Waals surface area (Å²) in [5, 5.41) is 5.60. The van der Waals surface area contributed by atoms with E-state index in [0.717, 1.165) is 11.3 Å². The van der Waals surface area contributed by atoms with Gasteiger partial charge in [-0.1, -0.05) is 12.1 Å². The molecule has 1 aromatic carbocycles. The van der Waals surface area contributed by atoms with Gasteiger partial charge in [0.25, 0.3) is 5.91 Å². The quantitative estimate of drug-likeness (QED) is 0.634. The lowest BCUT2D eigenvalue weighted by molar-refractivity contribution is -0.122. The van der Waals surface area contributed by atoms with Gasteiger partial charge in [-0.05, 0) is 48.3 Å². The van der Waals surface area contributed by atoms with Crippen molar-refractivity contribution in [3.8, 4) is 0 Å². The van der Waals surface area contributed by atoms with Crippen LogP contribution >= 0.6 is 11.8 Å². The molecule has 2 amide bonds. The summed E-state index contributed by atoms with van der Waals surface area (Å²) in [5.74, 6) is 1.17. The molecule has 2 rings (SSSR count). The zero-order valence-corrected chi connectivity index (χ0v) is 15.0. The number of hydrogen-bond donors (Lipinski definition) is 3. The molecule has 0 saturated carbocycles. The minimum Gasteiger partial charge on any atom is -0.467 e. The number of benzene rings is 1. The Bertz CT molecular complexity index is 689. The van der Waals surface area contributed by atoms with E-state index < -0.39 is 6.04 Å². The van der Waals surface area contributed by atoms with Crippen molar-refractivity contribution in [2.24, 2.45) is 5.73 Å². The molecular formula is C18H23N3O3S. The highest BCUT2D eigenvalue weighted by Crippen LogP contribution is 2.07. The molecule has 1 heterocycles. The van der Waals surface area contributed by atoms with Crippen molar-refractivity contribution < 1.29 is 14.0 Å². The first-order valence-corrected chi connectivity index (χ1v) is 9.41. The Morgan fingerprint density at radius 2 is 2.04 bits per heavy atom. The van der Waals surface area contributed by atoms with Crippen LogP contribution in [0.5, 0.6) is 0 Å². The average Bonchev–Trinajstić information content (AvgIpc) is 3.16. The molecule has 0 aliphatic rings. The molecule has 0 aliphatic heterocycles. The van der Waals surface area contributed by atoms with Gasteiger partial charge in [-0.15, -0.1) is 0 Å². The Hall–Kier alpha value is -2.25. The SMILES string of the molecule is CSCCC(N)C(=O)NCc1cccc(C(=O)NCc2ccco2)c1. The molecule has 0 aliphatic carbocycles. The van der Waals surface area contributed by atoms with Crippen LogP contribution in [0.15, 0.2) is 47.1 Å². The topological polar surface area (TPSA) is 97.4 Å². The molecule has 25 heavy (non-hydrogen) atoms. The molecule has 1 aromatic heterocycles. The normalized spacial score (nSPS) is 11.8. The number of nitrogens with one attached hydrogen (secondary N) is 2. The first-order valence-electron chi connectivity index (χ1n) is 8.02. The number of carbonyl (C=O) groups is 2. The minimum atomic E-state index is -0.507. The maximum absolute atomic E-state index is 12.2. The van der Waals surface area contributed by atoms with Crippen LogP contribution in [0.25, 0.3) is 0 Å². The lowest BCUT2D eigenvalue weighted by Crippen LogP contribution is -2.40. The van der Waals surface area contributed by atoms with Gasteiger partial charge in [0, 0.05) is 12.1 Å². The van der Waals surface area contributed by atoms with Crippen molar-refractivity contribution in [3.05, 3.63) is 59.5 Å². The van der Waals surface area contributed by atoms with Gasteiger partial charge in [0.05, 0.1) is 18.8 Å². The second-order valence-electron chi connectivity index (χ2n) is 5.57. The fraction of sp³-hybridized carbons (Fsp3) is 0.333. The summed E-state index contributed by atoms with van der Waals surface area (Å²) < 4.78 is 5.18. The van der Waals surface area contributed by atoms with Gasteiger partial charge in [0.1, 0.15) is 5.76 Å². The van der Waals surface area contributed by atoms with Crippen LogP contribution in [0, 0.1) is 0 Å². The van der Waals surface area contributed by atoms with Gasteiger partial charge in [-0.25, -0.2) is 0 Å². The molecule has 134 valence electrons. The van der Waals surface area contributed by atoms with E-state index >= 15 is 0 Å². The number of hydrogen-bond acceptors (Lipinski definition) is 5. The van der Waals surface area contributed by atoms with E-state index in [9.17, 15) is 9.59 Å². The van der Waals surface area contributed by atoms with Gasteiger partial charge < -0.3 is 20.8 Å². The van der Waals surface area contributed by atoms with E-state index in [4.69, 9.17) is 10.2 Å². The van der Waals surface area contributed by atoms with Gasteiger partial charge >= 0.3 is 0 Å². The standard InChI is InChI=1S/C18H23N3O3S/c1-25-9-7-16(19)18(23)20-11-13-4-2-5-14(10-13)17(22)21-12-15-6-3-8-24-15/h2-6,8,10,16H,7,9,11-12,19H2,1H3,(H,20,23)(H,21,22). The van der Waals surface area contributed by atoms with Crippen molar-refractivity contribution in [1.82, 2.24) is 10.6 Å². The average molecular weight is 361 g/mol. The molecular weight excluding hydrogens is 338 g/mol. The highest BCUT2D eigenvalue weighted by Gasteiger charge is 2.13. The highest BCUT2D eigenvalue weighted by atomic mass is 32.2. The second kappa shape index (κ2) is 9.90. The monoisotopic (exact) mass is 361 g/mol. The first-order chi connectivity index (χ1) is 12.1. The molecule has 2 aromatic rings. The summed E-state index contributed by atoms with van der Waals surface area (Å²) in [6.45, 7) is 0.669. The Kier molecular flexibility index (Phi) is 7.56. The summed E-state index contributed by atoms with van der Waals surface area (Å²) in [5.41, 5.74) is 7.21. The molecule has 0 spiro atoms. The summed E-state index contributed by atoms with van der Waals surface area (Å²) >= 11 is 1.66. The first kappa shape index (κ1) is 19.1. The Morgan fingerprint density at radius 1 is 1.20 bits per heavy atom. The fourth-order valence-corrected chi connectivity index (χ4v) is 2.69. The van der Waals surface area contributed by atoms with E-state index in [2.05, 4.69) is 10.6 Å². The molecule has 0 bridgehead atoms. The number of nitrogens with two attached hydrogens (primary N) is 1. The van der Waals surface area contributed by atoms with E-state index in [1.165, 1.54) is 0 Å². The number of carbonyl (C=O) groups excluding carboxylic acids is 2. The maximum Gasteiger partial charge on any atom is 0.251 e. The number of thioether (sulfide) groups is 1. The summed E-state index contributed by atoms with van der Waals surface area (Å²) in [6, 6.07) is 10.2. The molecule has 4 N–H and O–H groups in total. The summed E-state index contributed by atoms with van der Waals surface area (Å²) in [7, 11) is 0.